The Hall–Kier alpha value is -1.84. The van der Waals surface area contributed by atoms with Crippen molar-refractivity contribution < 1.29 is 14.3 Å². The van der Waals surface area contributed by atoms with Crippen LogP contribution in [0.15, 0.2) is 54.6 Å². The Labute approximate surface area is 150 Å². The summed E-state index contributed by atoms with van der Waals surface area (Å²) in [6, 6.07) is 19.0. The van der Waals surface area contributed by atoms with Crippen LogP contribution in [0.3, 0.4) is 0 Å². The third kappa shape index (κ3) is 3.19. The van der Waals surface area contributed by atoms with Gasteiger partial charge in [0.15, 0.2) is 0 Å². The van der Waals surface area contributed by atoms with Gasteiger partial charge in [0, 0.05) is 12.0 Å². The van der Waals surface area contributed by atoms with Crippen molar-refractivity contribution in [3.05, 3.63) is 65.7 Å². The molecule has 5 rings (SSSR count). The number of hydrogen-bond donors (Lipinski definition) is 1. The molecule has 0 amide bonds. The summed E-state index contributed by atoms with van der Waals surface area (Å²) in [6.07, 6.45) is 3.37. The van der Waals surface area contributed by atoms with Crippen LogP contribution in [0.5, 0.6) is 5.75 Å². The lowest BCUT2D eigenvalue weighted by atomic mass is 9.77. The van der Waals surface area contributed by atoms with E-state index >= 15 is 0 Å². The number of methoxy groups -OCH3 is 1. The molecule has 1 N–H and O–H groups in total. The number of ether oxygens (including phenoxy) is 1. The van der Waals surface area contributed by atoms with Crippen molar-refractivity contribution in [2.24, 2.45) is 5.92 Å². The van der Waals surface area contributed by atoms with Crippen molar-refractivity contribution in [2.75, 3.05) is 20.2 Å². The number of aliphatic hydroxyl groups excluding tert-OH is 1. The summed E-state index contributed by atoms with van der Waals surface area (Å²) in [5, 5.41) is 11.2. The lowest BCUT2D eigenvalue weighted by Gasteiger charge is -2.55. The largest absolute Gasteiger partial charge is 0.497 e. The van der Waals surface area contributed by atoms with Crippen molar-refractivity contribution in [1.82, 2.24) is 0 Å². The van der Waals surface area contributed by atoms with Gasteiger partial charge in [-0.3, -0.25) is 0 Å². The average molecular weight is 338 g/mol. The number of nitrogens with zero attached hydrogens (tertiary/aromatic N) is 1. The maximum absolute atomic E-state index is 11.2. The molecule has 25 heavy (non-hydrogen) atoms. The summed E-state index contributed by atoms with van der Waals surface area (Å²) in [5.41, 5.74) is 2.40. The zero-order chi connectivity index (χ0) is 17.3. The second kappa shape index (κ2) is 6.81. The van der Waals surface area contributed by atoms with Gasteiger partial charge in [-0.05, 0) is 48.6 Å². The Kier molecular flexibility index (Phi) is 4.53. The molecule has 3 nitrogen and oxygen atoms in total. The molecule has 0 saturated carbocycles. The van der Waals surface area contributed by atoms with Crippen LogP contribution < -0.4 is 4.74 Å². The van der Waals surface area contributed by atoms with E-state index in [0.29, 0.717) is 6.04 Å². The molecule has 3 heterocycles. The first-order chi connectivity index (χ1) is 12.2. The van der Waals surface area contributed by atoms with Crippen molar-refractivity contribution >= 4 is 0 Å². The van der Waals surface area contributed by atoms with Crippen molar-refractivity contribution in [3.63, 3.8) is 0 Å². The fourth-order valence-corrected chi connectivity index (χ4v) is 4.94. The molecule has 3 saturated heterocycles. The van der Waals surface area contributed by atoms with Crippen molar-refractivity contribution in [1.29, 1.82) is 0 Å². The Bertz CT molecular complexity index is 690. The smallest absolute Gasteiger partial charge is 0.131 e. The topological polar surface area (TPSA) is 29.5 Å². The molecule has 132 valence electrons. The van der Waals surface area contributed by atoms with E-state index in [0.717, 1.165) is 34.7 Å². The number of aliphatic hydroxyl groups is 1. The van der Waals surface area contributed by atoms with E-state index in [-0.39, 0.29) is 6.10 Å². The van der Waals surface area contributed by atoms with E-state index in [1.165, 1.54) is 31.5 Å². The summed E-state index contributed by atoms with van der Waals surface area (Å²) in [7, 11) is 1.71. The third-order valence-electron chi connectivity index (χ3n) is 6.41. The van der Waals surface area contributed by atoms with Gasteiger partial charge in [0.25, 0.3) is 0 Å². The van der Waals surface area contributed by atoms with Crippen LogP contribution in [0.2, 0.25) is 0 Å². The molecule has 2 atom stereocenters. The molecule has 0 aromatic heterocycles. The highest BCUT2D eigenvalue weighted by Gasteiger charge is 2.50. The second-order valence-corrected chi connectivity index (χ2v) is 7.77. The Morgan fingerprint density at radius 1 is 1.04 bits per heavy atom. The zero-order valence-electron chi connectivity index (χ0n) is 15.0. The van der Waals surface area contributed by atoms with Crippen LogP contribution in [0, 0.1) is 5.92 Å². The van der Waals surface area contributed by atoms with Crippen LogP contribution in [-0.4, -0.2) is 35.8 Å². The molecule has 2 aromatic rings. The molecule has 3 aliphatic heterocycles. The highest BCUT2D eigenvalue weighted by atomic mass is 16.5. The number of rotatable bonds is 5. The number of benzene rings is 2. The van der Waals surface area contributed by atoms with Crippen LogP contribution in [-0.2, 0) is 6.54 Å². The van der Waals surface area contributed by atoms with Crippen LogP contribution >= 0.6 is 0 Å². The highest BCUT2D eigenvalue weighted by Crippen LogP contribution is 2.44. The molecule has 0 aliphatic carbocycles. The van der Waals surface area contributed by atoms with Crippen LogP contribution in [0.25, 0.3) is 0 Å². The molecule has 0 spiro atoms. The minimum absolute atomic E-state index is 0.303. The van der Waals surface area contributed by atoms with Gasteiger partial charge in [0.1, 0.15) is 24.4 Å². The van der Waals surface area contributed by atoms with Crippen molar-refractivity contribution in [2.45, 2.75) is 38.0 Å². The predicted octanol–water partition coefficient (Wildman–Crippen LogP) is 3.93. The number of fused-ring (bicyclic) bond motifs is 3. The van der Waals surface area contributed by atoms with Gasteiger partial charge in [-0.25, -0.2) is 0 Å². The monoisotopic (exact) mass is 338 g/mol. The lowest BCUT2D eigenvalue weighted by molar-refractivity contribution is -0.981. The minimum atomic E-state index is -0.373. The SMILES string of the molecule is COc1ccc(C[N+]23CCC(CC2)C[C@@H]3[C@@H](O)c2ccccc2)cc1. The number of hydrogen-bond acceptors (Lipinski definition) is 2. The van der Waals surface area contributed by atoms with E-state index in [9.17, 15) is 5.11 Å². The molecule has 2 aromatic carbocycles. The Morgan fingerprint density at radius 2 is 1.72 bits per heavy atom. The molecular weight excluding hydrogens is 310 g/mol. The zero-order valence-corrected chi connectivity index (χ0v) is 15.0. The van der Waals surface area contributed by atoms with E-state index < -0.39 is 0 Å². The van der Waals surface area contributed by atoms with Crippen LogP contribution in [0.4, 0.5) is 0 Å². The van der Waals surface area contributed by atoms with Gasteiger partial charge < -0.3 is 14.3 Å². The van der Waals surface area contributed by atoms with Gasteiger partial charge in [-0.1, -0.05) is 30.3 Å². The first kappa shape index (κ1) is 16.6. The number of piperidine rings is 3. The van der Waals surface area contributed by atoms with Crippen LogP contribution in [0.1, 0.15) is 36.5 Å². The number of quaternary nitrogens is 1. The minimum Gasteiger partial charge on any atom is -0.497 e. The maximum atomic E-state index is 11.2. The van der Waals surface area contributed by atoms with E-state index in [1.54, 1.807) is 7.11 Å². The quantitative estimate of drug-likeness (QED) is 0.837. The molecule has 3 fully saturated rings. The second-order valence-electron chi connectivity index (χ2n) is 7.77. The summed E-state index contributed by atoms with van der Waals surface area (Å²) in [5.74, 6) is 1.70. The Morgan fingerprint density at radius 3 is 2.36 bits per heavy atom. The lowest BCUT2D eigenvalue weighted by Crippen LogP contribution is -2.65. The molecule has 3 heteroatoms. The molecule has 3 aliphatic rings. The van der Waals surface area contributed by atoms with E-state index in [1.807, 2.05) is 30.3 Å². The third-order valence-corrected chi connectivity index (χ3v) is 6.41. The molecular formula is C22H28NO2+. The van der Waals surface area contributed by atoms with E-state index in [2.05, 4.69) is 24.3 Å². The molecule has 2 bridgehead atoms. The van der Waals surface area contributed by atoms with Gasteiger partial charge >= 0.3 is 0 Å². The fraction of sp³-hybridized carbons (Fsp3) is 0.455. The molecule has 0 radical (unpaired) electrons. The summed E-state index contributed by atoms with van der Waals surface area (Å²) >= 11 is 0. The maximum Gasteiger partial charge on any atom is 0.131 e. The normalized spacial score (nSPS) is 29.4. The van der Waals surface area contributed by atoms with Gasteiger partial charge in [-0.15, -0.1) is 0 Å². The summed E-state index contributed by atoms with van der Waals surface area (Å²) in [4.78, 5) is 0. The van der Waals surface area contributed by atoms with Gasteiger partial charge in [-0.2, -0.15) is 0 Å². The Balaban J connectivity index is 1.61. The van der Waals surface area contributed by atoms with Crippen molar-refractivity contribution in [3.8, 4) is 5.75 Å². The molecule has 0 unspecified atom stereocenters. The summed E-state index contributed by atoms with van der Waals surface area (Å²) < 4.78 is 6.32. The first-order valence-corrected chi connectivity index (χ1v) is 9.42. The van der Waals surface area contributed by atoms with Gasteiger partial charge in [0.2, 0.25) is 0 Å². The fourth-order valence-electron chi connectivity index (χ4n) is 4.94. The van der Waals surface area contributed by atoms with Gasteiger partial charge in [0.05, 0.1) is 20.2 Å². The van der Waals surface area contributed by atoms with E-state index in [4.69, 9.17) is 4.74 Å². The first-order valence-electron chi connectivity index (χ1n) is 9.42. The highest BCUT2D eigenvalue weighted by molar-refractivity contribution is 5.27. The standard InChI is InChI=1S/C22H28NO2/c1-25-20-9-7-18(8-10-20)16-23-13-11-17(12-14-23)15-21(23)22(24)19-5-3-2-4-6-19/h2-10,17,21-22,24H,11-16H2,1H3/q+1/t17?,21-,22+,23?/m1/s1. The summed E-state index contributed by atoms with van der Waals surface area (Å²) in [6.45, 7) is 3.38. The predicted molar refractivity (Wildman–Crippen MR) is 99.2 cm³/mol. The average Bonchev–Trinajstić information content (AvgIpc) is 2.69.